The first-order chi connectivity index (χ1) is 50.4. The van der Waals surface area contributed by atoms with Gasteiger partial charge in [-0.1, -0.05) is 160 Å². The van der Waals surface area contributed by atoms with Crippen LogP contribution in [0, 0.1) is 0 Å². The molecule has 0 saturated carbocycles. The Hall–Kier alpha value is -6.53. The minimum absolute atomic E-state index is 0. The summed E-state index contributed by atoms with van der Waals surface area (Å²) in [4.78, 5) is 91.1. The summed E-state index contributed by atoms with van der Waals surface area (Å²) in [5.41, 5.74) is -0.732. The van der Waals surface area contributed by atoms with Gasteiger partial charge in [-0.25, -0.2) is 9.97 Å². The second-order valence-corrected chi connectivity index (χ2v) is 27.6. The molecular formula is C84H124N9O12Ru3+3. The van der Waals surface area contributed by atoms with Crippen LogP contribution in [0.1, 0.15) is 299 Å². The zero-order chi connectivity index (χ0) is 78.1. The van der Waals surface area contributed by atoms with E-state index in [4.69, 9.17) is 0 Å². The fourth-order valence-electron chi connectivity index (χ4n) is 12.5. The van der Waals surface area contributed by atoms with Crippen LogP contribution in [0.25, 0.3) is 45.6 Å². The number of carboxylic acid groups (broad SMARTS) is 6. The molecule has 6 aromatic rings. The van der Waals surface area contributed by atoms with Crippen LogP contribution in [-0.4, -0.2) is 158 Å². The maximum atomic E-state index is 11.3. The van der Waals surface area contributed by atoms with E-state index in [0.717, 1.165) is 24.3 Å². The Bertz CT molecular complexity index is 3010. The van der Waals surface area contributed by atoms with E-state index < -0.39 is 35.8 Å². The summed E-state index contributed by atoms with van der Waals surface area (Å²) in [6.45, 7) is 45.1. The third-order valence-corrected chi connectivity index (χ3v) is 19.0. The van der Waals surface area contributed by atoms with E-state index in [2.05, 4.69) is 113 Å². The number of unbranched alkanes of at least 4 members (excludes halogenated alkanes) is 12. The molecule has 24 heteroatoms. The van der Waals surface area contributed by atoms with E-state index in [1.54, 1.807) is 0 Å². The van der Waals surface area contributed by atoms with Crippen molar-refractivity contribution in [2.45, 2.75) is 237 Å². The summed E-state index contributed by atoms with van der Waals surface area (Å²) >= 11 is 0. The maximum Gasteiger partial charge on any atom is 2.00 e. The van der Waals surface area contributed by atoms with Crippen molar-refractivity contribution in [3.63, 3.8) is 0 Å². The van der Waals surface area contributed by atoms with Crippen LogP contribution in [0.3, 0.4) is 0 Å². The Morgan fingerprint density at radius 2 is 0.361 bits per heavy atom. The van der Waals surface area contributed by atoms with Gasteiger partial charge in [0.25, 0.3) is 0 Å². The van der Waals surface area contributed by atoms with Crippen LogP contribution in [0.5, 0.6) is 0 Å². The van der Waals surface area contributed by atoms with E-state index in [1.165, 1.54) is 319 Å². The van der Waals surface area contributed by atoms with Gasteiger partial charge in [0.2, 0.25) is 0 Å². The number of hydrogen-bond acceptors (Lipinski definition) is 18. The normalized spacial score (nSPS) is 10.9. The Morgan fingerprint density at radius 1 is 0.231 bits per heavy atom. The van der Waals surface area contributed by atoms with E-state index in [-0.39, 0.29) is 137 Å². The molecule has 0 N–H and O–H groups in total. The molecule has 598 valence electrons. The van der Waals surface area contributed by atoms with Gasteiger partial charge in [-0.15, -0.1) is 0 Å². The molecule has 0 spiro atoms. The molecule has 0 aliphatic rings. The monoisotopic (exact) mass is 1760 g/mol. The van der Waals surface area contributed by atoms with Crippen LogP contribution in [0.2, 0.25) is 0 Å². The summed E-state index contributed by atoms with van der Waals surface area (Å²) < 4.78 is 4.26. The molecule has 0 aliphatic carbocycles. The average molecular weight is 1760 g/mol. The molecule has 0 amide bonds. The standard InChI is InChI=1S/2C18H11N3O6.3C16H36N.3Ru/c2*22-16(23)9-1-3-19-12(5-9)14-7-11(18(26)27)8-15(21-14)13-6-10(17(24)25)2-4-20-13;3*1-5-9-13-17(14-10-6-2,15-11-7-3)16-12-8-4;;;/h2*1-8H,(H,22,23)(H,24,25)(H,26,27);3*5-16H2,1-4H3;;;/q;;3*+1;3*+2/p-6. The summed E-state index contributed by atoms with van der Waals surface area (Å²) in [5.74, 6) is -8.74. The molecule has 6 rings (SSSR count). The Morgan fingerprint density at radius 3 is 0.481 bits per heavy atom. The molecule has 0 saturated heterocycles. The van der Waals surface area contributed by atoms with Crippen molar-refractivity contribution in [3.05, 3.63) is 131 Å². The number of hydrogen-bond donors (Lipinski definition) is 0. The van der Waals surface area contributed by atoms with E-state index >= 15 is 0 Å². The van der Waals surface area contributed by atoms with Gasteiger partial charge in [0, 0.05) is 58.2 Å². The maximum absolute atomic E-state index is 11.3. The number of nitrogens with zero attached hydrogens (tertiary/aromatic N) is 9. The number of quaternary nitrogens is 3. The van der Waals surface area contributed by atoms with Crippen LogP contribution < -0.4 is 30.6 Å². The van der Waals surface area contributed by atoms with Crippen molar-refractivity contribution >= 4 is 35.8 Å². The summed E-state index contributed by atoms with van der Waals surface area (Å²) in [6, 6.07) is 14.2. The van der Waals surface area contributed by atoms with Crippen LogP contribution >= 0.6 is 0 Å². The SMILES string of the molecule is CCCC[N+](CCCC)(CCCC)CCCC.CCCC[N+](CCCC)(CCCC)CCCC.CCCC[N+](CCCC)(CCCC)CCCC.O=C([O-])c1ccnc(-c2cc(C(=O)[O-])cc(-c3cc(C(=O)[O-])ccn3)n2)c1.O=C([O-])c1ccnc(-c2cc(C(=O)[O-])cc(-c3cc(C(=O)[O-])ccn3)n2)c1.[Ru+2].[Ru+2].[Ru+2]. The van der Waals surface area contributed by atoms with Crippen LogP contribution in [0.15, 0.2) is 97.6 Å². The quantitative estimate of drug-likeness (QED) is 0.0253. The van der Waals surface area contributed by atoms with E-state index in [9.17, 15) is 59.4 Å². The summed E-state index contributed by atoms with van der Waals surface area (Å²) in [5, 5.41) is 66.7. The fourth-order valence-corrected chi connectivity index (χ4v) is 12.5. The van der Waals surface area contributed by atoms with Gasteiger partial charge in [-0.3, -0.25) is 19.9 Å². The predicted molar refractivity (Wildman–Crippen MR) is 405 cm³/mol. The number of pyridine rings is 6. The molecule has 0 atom stereocenters. The number of carboxylic acids is 6. The van der Waals surface area contributed by atoms with Gasteiger partial charge in [-0.05, 0) is 150 Å². The molecule has 6 heterocycles. The van der Waals surface area contributed by atoms with Crippen molar-refractivity contribution in [2.24, 2.45) is 0 Å². The van der Waals surface area contributed by atoms with Gasteiger partial charge in [0.15, 0.2) is 0 Å². The third kappa shape index (κ3) is 38.9. The molecule has 0 unspecified atom stereocenters. The number of aromatic nitrogens is 6. The van der Waals surface area contributed by atoms with Gasteiger partial charge < -0.3 is 72.9 Å². The van der Waals surface area contributed by atoms with Crippen molar-refractivity contribution in [3.8, 4) is 45.6 Å². The predicted octanol–water partition coefficient (Wildman–Crippen LogP) is 11.6. The molecule has 0 fully saturated rings. The molecule has 0 aliphatic heterocycles. The summed E-state index contributed by atoms with van der Waals surface area (Å²) in [6.07, 6.45) is 38.0. The molecule has 0 aromatic carbocycles. The third-order valence-electron chi connectivity index (χ3n) is 19.0. The van der Waals surface area contributed by atoms with Crippen molar-refractivity contribution in [2.75, 3.05) is 78.5 Å². The molecule has 0 radical (unpaired) electrons. The largest absolute Gasteiger partial charge is 2.00 e. The first kappa shape index (κ1) is 104. The number of carbonyl (C=O) groups excluding carboxylic acids is 6. The fraction of sp³-hybridized carbons (Fsp3) is 0.571. The van der Waals surface area contributed by atoms with Crippen molar-refractivity contribution in [1.29, 1.82) is 0 Å². The molecular weight excluding hydrogens is 1630 g/mol. The Balaban J connectivity index is 0. The van der Waals surface area contributed by atoms with E-state index in [0.29, 0.717) is 0 Å². The second kappa shape index (κ2) is 59.3. The van der Waals surface area contributed by atoms with Crippen molar-refractivity contribution < 1.29 is 131 Å². The minimum Gasteiger partial charge on any atom is -0.545 e. The minimum atomic E-state index is -1.51. The van der Waals surface area contributed by atoms with Gasteiger partial charge in [-0.2, -0.15) is 0 Å². The topological polar surface area (TPSA) is 318 Å². The zero-order valence-corrected chi connectivity index (χ0v) is 71.9. The van der Waals surface area contributed by atoms with Gasteiger partial charge >= 0.3 is 58.4 Å². The number of rotatable bonds is 46. The summed E-state index contributed by atoms with van der Waals surface area (Å²) in [7, 11) is 0. The zero-order valence-electron chi connectivity index (χ0n) is 66.7. The van der Waals surface area contributed by atoms with Crippen LogP contribution in [-0.2, 0) is 58.4 Å². The molecule has 21 nitrogen and oxygen atoms in total. The first-order valence-corrected chi connectivity index (χ1v) is 39.2. The Labute approximate surface area is 684 Å². The first-order valence-electron chi connectivity index (χ1n) is 39.2. The average Bonchev–Trinajstić information content (AvgIpc) is 0.803. The van der Waals surface area contributed by atoms with Crippen molar-refractivity contribution in [1.82, 2.24) is 29.9 Å². The van der Waals surface area contributed by atoms with Crippen LogP contribution in [0.4, 0.5) is 0 Å². The van der Waals surface area contributed by atoms with Gasteiger partial charge in [0.05, 0.1) is 160 Å². The van der Waals surface area contributed by atoms with Gasteiger partial charge in [0.1, 0.15) is 0 Å². The van der Waals surface area contributed by atoms with E-state index in [1.807, 2.05) is 0 Å². The number of aromatic carboxylic acids is 6. The number of carbonyl (C=O) groups is 6. The molecule has 108 heavy (non-hydrogen) atoms. The second-order valence-electron chi connectivity index (χ2n) is 27.6. The molecule has 0 bridgehead atoms. The smallest absolute Gasteiger partial charge is 0.545 e. The Kier molecular flexibility index (Phi) is 56.8. The molecule has 6 aromatic heterocycles.